The lowest BCUT2D eigenvalue weighted by atomic mass is 10.1. The molecule has 16 nitrogen and oxygen atoms in total. The van der Waals surface area contributed by atoms with Crippen molar-refractivity contribution in [1.29, 1.82) is 0 Å². The van der Waals surface area contributed by atoms with Crippen LogP contribution in [0.2, 0.25) is 0 Å². The molecule has 1 unspecified atom stereocenters. The number of ether oxygens (including phenoxy) is 5. The summed E-state index contributed by atoms with van der Waals surface area (Å²) in [7, 11) is 0. The average Bonchev–Trinajstić information content (AvgIpc) is 3.09. The lowest BCUT2D eigenvalue weighted by molar-refractivity contribution is -0.142. The molecule has 0 aliphatic heterocycles. The van der Waals surface area contributed by atoms with E-state index in [9.17, 15) is 33.9 Å². The molecule has 1 rings (SSSR count). The van der Waals surface area contributed by atoms with Crippen LogP contribution < -0.4 is 20.7 Å². The first-order chi connectivity index (χ1) is 24.2. The highest BCUT2D eigenvalue weighted by atomic mass is 16.5. The standard InChI is InChI=1S/C34H52N3O13/c38-17-21-48-23-22-46-20-16-36-32(41)26-49-25-24-47-19-15-35-30(39)14-13-29(34(44)45)37-31(40)8-6-4-2-1-3-5-7-18-50-28-11-9-27(10-12-28)33(42)43/h9-12,29H,1-8,13-16,18-26H2,(H,35,39)(H,36,41)(H,37,40)(H,42,43)(H,44,45). The molecule has 1 aromatic carbocycles. The van der Waals surface area contributed by atoms with Gasteiger partial charge in [0, 0.05) is 25.9 Å². The minimum Gasteiger partial charge on any atom is -0.494 e. The Morgan fingerprint density at radius 1 is 0.640 bits per heavy atom. The maximum Gasteiger partial charge on any atom is 0.335 e. The van der Waals surface area contributed by atoms with Crippen LogP contribution in [0, 0.1) is 0 Å². The van der Waals surface area contributed by atoms with Gasteiger partial charge in [-0.15, -0.1) is 0 Å². The van der Waals surface area contributed by atoms with Gasteiger partial charge >= 0.3 is 11.9 Å². The number of carboxylic acids is 2. The maximum absolute atomic E-state index is 12.3. The summed E-state index contributed by atoms with van der Waals surface area (Å²) in [6.45, 7) is 2.27. The van der Waals surface area contributed by atoms with Crippen LogP contribution in [0.3, 0.4) is 0 Å². The van der Waals surface area contributed by atoms with Gasteiger partial charge in [0.25, 0.3) is 0 Å². The van der Waals surface area contributed by atoms with E-state index in [1.165, 1.54) is 12.1 Å². The molecule has 0 fully saturated rings. The van der Waals surface area contributed by atoms with E-state index in [4.69, 9.17) is 28.8 Å². The summed E-state index contributed by atoms with van der Waals surface area (Å²) in [5.74, 6) is -2.57. The lowest BCUT2D eigenvalue weighted by Crippen LogP contribution is -2.41. The van der Waals surface area contributed by atoms with Crippen molar-refractivity contribution >= 4 is 35.9 Å². The molecule has 0 saturated carbocycles. The molecular weight excluding hydrogens is 658 g/mol. The van der Waals surface area contributed by atoms with Crippen molar-refractivity contribution in [3.05, 3.63) is 29.8 Å². The molecule has 1 aromatic rings. The minimum absolute atomic E-state index is 0.0399. The fraction of sp³-hybridized carbons (Fsp3) is 0.647. The number of hydrogen-bond donors (Lipinski definition) is 5. The summed E-state index contributed by atoms with van der Waals surface area (Å²) in [4.78, 5) is 68.5. The zero-order valence-electron chi connectivity index (χ0n) is 28.6. The van der Waals surface area contributed by atoms with Crippen LogP contribution in [0.1, 0.15) is 74.6 Å². The van der Waals surface area contributed by atoms with Crippen LogP contribution in [0.5, 0.6) is 5.75 Å². The zero-order valence-corrected chi connectivity index (χ0v) is 28.6. The fourth-order valence-electron chi connectivity index (χ4n) is 4.34. The number of aromatic carboxylic acids is 1. The Morgan fingerprint density at radius 3 is 1.84 bits per heavy atom. The second kappa shape index (κ2) is 29.8. The number of benzene rings is 1. The van der Waals surface area contributed by atoms with Gasteiger partial charge in [0.1, 0.15) is 25.0 Å². The first-order valence-electron chi connectivity index (χ1n) is 16.9. The van der Waals surface area contributed by atoms with Crippen LogP contribution in [0.25, 0.3) is 0 Å². The predicted octanol–water partition coefficient (Wildman–Crippen LogP) is 1.64. The molecule has 0 heterocycles. The summed E-state index contributed by atoms with van der Waals surface area (Å²) in [5, 5.41) is 26.1. The number of hydrogen-bond acceptors (Lipinski definition) is 11. The van der Waals surface area contributed by atoms with E-state index < -0.39 is 18.0 Å². The van der Waals surface area contributed by atoms with Crippen LogP contribution >= 0.6 is 0 Å². The number of rotatable bonds is 33. The number of unbranched alkanes of at least 4 members (excludes halogenated alkanes) is 6. The fourth-order valence-corrected chi connectivity index (χ4v) is 4.34. The van der Waals surface area contributed by atoms with Crippen LogP contribution in [0.15, 0.2) is 24.3 Å². The van der Waals surface area contributed by atoms with E-state index in [-0.39, 0.29) is 88.7 Å². The Kier molecular flexibility index (Phi) is 26.1. The Bertz CT molecular complexity index is 1120. The molecular formula is C34H52N3O13. The topological polar surface area (TPSA) is 225 Å². The third-order valence-electron chi connectivity index (χ3n) is 6.99. The van der Waals surface area contributed by atoms with Crippen molar-refractivity contribution in [2.75, 3.05) is 72.6 Å². The van der Waals surface area contributed by atoms with Crippen LogP contribution in [0.4, 0.5) is 0 Å². The number of carboxylic acid groups (broad SMARTS) is 2. The van der Waals surface area contributed by atoms with Gasteiger partial charge in [-0.05, 0) is 43.5 Å². The van der Waals surface area contributed by atoms with Crippen molar-refractivity contribution < 1.29 is 62.7 Å². The SMILES string of the molecule is O=[C]COCCOCCNC(=O)COCCOCCNC(=O)CCC(NC(=O)CCCCCCCCCOc1ccc(C(=O)O)cc1)C(=O)O. The molecule has 0 aliphatic carbocycles. The predicted molar refractivity (Wildman–Crippen MR) is 180 cm³/mol. The Hall–Kier alpha value is -4.12. The van der Waals surface area contributed by atoms with Crippen LogP contribution in [-0.2, 0) is 42.9 Å². The first-order valence-corrected chi connectivity index (χ1v) is 16.9. The van der Waals surface area contributed by atoms with Crippen LogP contribution in [-0.4, -0.2) is 125 Å². The molecule has 16 heteroatoms. The van der Waals surface area contributed by atoms with Gasteiger partial charge in [0.15, 0.2) is 0 Å². The number of carbonyl (C=O) groups excluding carboxylic acids is 4. The second-order valence-corrected chi connectivity index (χ2v) is 11.1. The number of aliphatic carboxylic acids is 1. The molecule has 0 aliphatic rings. The first kappa shape index (κ1) is 43.9. The third-order valence-corrected chi connectivity index (χ3v) is 6.99. The van der Waals surface area contributed by atoms with E-state index in [1.54, 1.807) is 18.4 Å². The molecule has 1 radical (unpaired) electrons. The molecule has 0 spiro atoms. The Balaban J connectivity index is 1.97. The summed E-state index contributed by atoms with van der Waals surface area (Å²) < 4.78 is 26.3. The monoisotopic (exact) mass is 710 g/mol. The summed E-state index contributed by atoms with van der Waals surface area (Å²) >= 11 is 0. The van der Waals surface area contributed by atoms with E-state index in [0.717, 1.165) is 38.5 Å². The van der Waals surface area contributed by atoms with E-state index >= 15 is 0 Å². The molecule has 281 valence electrons. The molecule has 0 aromatic heterocycles. The van der Waals surface area contributed by atoms with E-state index in [0.29, 0.717) is 38.5 Å². The lowest BCUT2D eigenvalue weighted by Gasteiger charge is -2.14. The van der Waals surface area contributed by atoms with Crippen molar-refractivity contribution in [3.8, 4) is 5.75 Å². The molecule has 0 saturated heterocycles. The van der Waals surface area contributed by atoms with Gasteiger partial charge in [-0.3, -0.25) is 19.2 Å². The number of carbonyl (C=O) groups is 5. The van der Waals surface area contributed by atoms with Gasteiger partial charge in [-0.1, -0.05) is 32.1 Å². The normalized spacial score (nSPS) is 11.4. The quantitative estimate of drug-likeness (QED) is 0.0655. The highest BCUT2D eigenvalue weighted by molar-refractivity contribution is 5.87. The number of amides is 3. The van der Waals surface area contributed by atoms with Gasteiger partial charge in [-0.25, -0.2) is 9.59 Å². The largest absolute Gasteiger partial charge is 0.494 e. The molecule has 50 heavy (non-hydrogen) atoms. The Labute approximate surface area is 292 Å². The molecule has 1 atom stereocenters. The van der Waals surface area contributed by atoms with Gasteiger partial charge < -0.3 is 49.8 Å². The van der Waals surface area contributed by atoms with Crippen molar-refractivity contribution in [3.63, 3.8) is 0 Å². The summed E-state index contributed by atoms with van der Waals surface area (Å²) in [6, 6.07) is 5.14. The zero-order chi connectivity index (χ0) is 36.7. The molecule has 5 N–H and O–H groups in total. The number of nitrogens with one attached hydrogen (secondary N) is 3. The second-order valence-electron chi connectivity index (χ2n) is 11.1. The molecule has 3 amide bonds. The third kappa shape index (κ3) is 24.9. The maximum atomic E-state index is 12.3. The minimum atomic E-state index is -1.20. The average molecular weight is 711 g/mol. The smallest absolute Gasteiger partial charge is 0.335 e. The van der Waals surface area contributed by atoms with E-state index in [2.05, 4.69) is 16.0 Å². The summed E-state index contributed by atoms with van der Waals surface area (Å²) in [6.07, 6.45) is 8.06. The van der Waals surface area contributed by atoms with Crippen molar-refractivity contribution in [1.82, 2.24) is 16.0 Å². The van der Waals surface area contributed by atoms with E-state index in [1.807, 2.05) is 0 Å². The summed E-state index contributed by atoms with van der Waals surface area (Å²) in [5.41, 5.74) is 0.217. The van der Waals surface area contributed by atoms with Crippen molar-refractivity contribution in [2.24, 2.45) is 0 Å². The highest BCUT2D eigenvalue weighted by Gasteiger charge is 2.20. The van der Waals surface area contributed by atoms with Gasteiger partial charge in [-0.2, -0.15) is 0 Å². The molecule has 0 bridgehead atoms. The highest BCUT2D eigenvalue weighted by Crippen LogP contribution is 2.14. The van der Waals surface area contributed by atoms with Gasteiger partial charge in [0.05, 0.1) is 51.8 Å². The van der Waals surface area contributed by atoms with Crippen molar-refractivity contribution in [2.45, 2.75) is 70.3 Å². The van der Waals surface area contributed by atoms with Gasteiger partial charge in [0.2, 0.25) is 24.0 Å². The Morgan fingerprint density at radius 2 is 1.22 bits per heavy atom.